The zero-order valence-corrected chi connectivity index (χ0v) is 12.2. The van der Waals surface area contributed by atoms with E-state index in [9.17, 15) is 9.59 Å². The summed E-state index contributed by atoms with van der Waals surface area (Å²) in [6.45, 7) is 3.94. The first-order chi connectivity index (χ1) is 9.70. The van der Waals surface area contributed by atoms with Crippen LogP contribution in [0.2, 0.25) is 0 Å². The van der Waals surface area contributed by atoms with Gasteiger partial charge < -0.3 is 9.64 Å². The van der Waals surface area contributed by atoms with E-state index in [0.717, 1.165) is 24.3 Å². The third-order valence-electron chi connectivity index (χ3n) is 2.92. The summed E-state index contributed by atoms with van der Waals surface area (Å²) in [6, 6.07) is 0. The lowest BCUT2D eigenvalue weighted by molar-refractivity contribution is -0.145. The number of ether oxygens (including phenoxy) is 1. The summed E-state index contributed by atoms with van der Waals surface area (Å²) in [6.07, 6.45) is 2.97. The average molecular weight is 298 g/mol. The first kappa shape index (κ1) is 14.9. The molecule has 1 aromatic heterocycles. The van der Waals surface area contributed by atoms with Crippen molar-refractivity contribution < 1.29 is 14.3 Å². The van der Waals surface area contributed by atoms with Gasteiger partial charge in [-0.05, 0) is 6.42 Å². The van der Waals surface area contributed by atoms with Gasteiger partial charge in [-0.1, -0.05) is 24.7 Å². The van der Waals surface area contributed by atoms with Crippen LogP contribution in [0.3, 0.4) is 0 Å². The van der Waals surface area contributed by atoms with Crippen molar-refractivity contribution in [2.24, 2.45) is 0 Å². The Bertz CT molecular complexity index is 471. The van der Waals surface area contributed by atoms with Gasteiger partial charge in [0.2, 0.25) is 5.13 Å². The molecule has 0 aromatic carbocycles. The molecule has 0 spiro atoms. The Balaban J connectivity index is 1.86. The number of unbranched alkanes of at least 4 members (excludes halogenated alkanes) is 1. The van der Waals surface area contributed by atoms with E-state index in [0.29, 0.717) is 31.4 Å². The molecular weight excluding hydrogens is 280 g/mol. The standard InChI is InChI=1S/C12H18N4O3S/c1-2-3-4-9-14-15-12(20-9)13-10(17)11(18)16-5-7-19-8-6-16/h2-8H2,1H3,(H,13,15,17). The summed E-state index contributed by atoms with van der Waals surface area (Å²) in [5.74, 6) is -1.20. The summed E-state index contributed by atoms with van der Waals surface area (Å²) in [4.78, 5) is 25.2. The lowest BCUT2D eigenvalue weighted by Crippen LogP contribution is -2.45. The number of hydrogen-bond donors (Lipinski definition) is 1. The molecule has 20 heavy (non-hydrogen) atoms. The molecule has 0 bridgehead atoms. The molecule has 0 saturated carbocycles. The molecule has 1 aliphatic rings. The number of rotatable bonds is 4. The Morgan fingerprint density at radius 2 is 2.10 bits per heavy atom. The predicted molar refractivity (Wildman–Crippen MR) is 74.5 cm³/mol. The zero-order valence-electron chi connectivity index (χ0n) is 11.4. The molecule has 1 saturated heterocycles. The summed E-state index contributed by atoms with van der Waals surface area (Å²) < 4.78 is 5.14. The lowest BCUT2D eigenvalue weighted by Gasteiger charge is -2.25. The smallest absolute Gasteiger partial charge is 0.315 e. The largest absolute Gasteiger partial charge is 0.378 e. The Kier molecular flexibility index (Phi) is 5.42. The maximum atomic E-state index is 11.9. The molecule has 0 radical (unpaired) electrons. The highest BCUT2D eigenvalue weighted by Crippen LogP contribution is 2.17. The maximum Gasteiger partial charge on any atom is 0.315 e. The fourth-order valence-electron chi connectivity index (χ4n) is 1.79. The van der Waals surface area contributed by atoms with E-state index in [2.05, 4.69) is 22.4 Å². The number of carbonyl (C=O) groups excluding carboxylic acids is 2. The van der Waals surface area contributed by atoms with Crippen LogP contribution >= 0.6 is 11.3 Å². The summed E-state index contributed by atoms with van der Waals surface area (Å²) in [5, 5.41) is 11.6. The number of nitrogens with one attached hydrogen (secondary N) is 1. The van der Waals surface area contributed by atoms with Crippen molar-refractivity contribution in [3.63, 3.8) is 0 Å². The number of aryl methyl sites for hydroxylation is 1. The van der Waals surface area contributed by atoms with Crippen molar-refractivity contribution in [3.05, 3.63) is 5.01 Å². The van der Waals surface area contributed by atoms with Gasteiger partial charge in [-0.3, -0.25) is 14.9 Å². The topological polar surface area (TPSA) is 84.4 Å². The van der Waals surface area contributed by atoms with Gasteiger partial charge in [0.15, 0.2) is 0 Å². The minimum atomic E-state index is -0.662. The van der Waals surface area contributed by atoms with Crippen LogP contribution in [0.4, 0.5) is 5.13 Å². The van der Waals surface area contributed by atoms with E-state index >= 15 is 0 Å². The number of amides is 2. The van der Waals surface area contributed by atoms with Gasteiger partial charge in [-0.25, -0.2) is 0 Å². The highest BCUT2D eigenvalue weighted by molar-refractivity contribution is 7.15. The van der Waals surface area contributed by atoms with Gasteiger partial charge in [-0.2, -0.15) is 0 Å². The number of morpholine rings is 1. The molecular formula is C12H18N4O3S. The van der Waals surface area contributed by atoms with Crippen molar-refractivity contribution in [1.29, 1.82) is 0 Å². The van der Waals surface area contributed by atoms with Gasteiger partial charge in [0.1, 0.15) is 5.01 Å². The van der Waals surface area contributed by atoms with Crippen LogP contribution in [0.1, 0.15) is 24.8 Å². The van der Waals surface area contributed by atoms with Crippen LogP contribution in [-0.4, -0.2) is 53.2 Å². The van der Waals surface area contributed by atoms with Crippen LogP contribution in [0, 0.1) is 0 Å². The second-order valence-electron chi connectivity index (χ2n) is 4.46. The molecule has 2 amide bonds. The Morgan fingerprint density at radius 1 is 1.35 bits per heavy atom. The molecule has 2 rings (SSSR count). The second-order valence-corrected chi connectivity index (χ2v) is 5.53. The van der Waals surface area contributed by atoms with Crippen molar-refractivity contribution >= 4 is 28.3 Å². The number of carbonyl (C=O) groups is 2. The highest BCUT2D eigenvalue weighted by Gasteiger charge is 2.24. The second kappa shape index (κ2) is 7.30. The number of hydrogen-bond acceptors (Lipinski definition) is 6. The predicted octanol–water partition coefficient (Wildman–Crippen LogP) is 0.678. The molecule has 1 N–H and O–H groups in total. The molecule has 1 aromatic rings. The molecule has 1 aliphatic heterocycles. The van der Waals surface area contributed by atoms with E-state index < -0.39 is 11.8 Å². The minimum Gasteiger partial charge on any atom is -0.378 e. The first-order valence-corrected chi connectivity index (χ1v) is 7.52. The Labute approximate surface area is 121 Å². The van der Waals surface area contributed by atoms with E-state index in [-0.39, 0.29) is 0 Å². The van der Waals surface area contributed by atoms with Gasteiger partial charge in [0, 0.05) is 19.5 Å². The highest BCUT2D eigenvalue weighted by atomic mass is 32.1. The van der Waals surface area contributed by atoms with Crippen LogP contribution in [-0.2, 0) is 20.7 Å². The fourth-order valence-corrected chi connectivity index (χ4v) is 2.57. The molecule has 2 heterocycles. The molecule has 1 fully saturated rings. The van der Waals surface area contributed by atoms with Crippen LogP contribution < -0.4 is 5.32 Å². The van der Waals surface area contributed by atoms with E-state index in [1.807, 2.05) is 0 Å². The van der Waals surface area contributed by atoms with E-state index in [1.54, 1.807) is 0 Å². The van der Waals surface area contributed by atoms with Crippen molar-refractivity contribution in [2.45, 2.75) is 26.2 Å². The lowest BCUT2D eigenvalue weighted by atomic mass is 10.3. The van der Waals surface area contributed by atoms with E-state index in [1.165, 1.54) is 16.2 Å². The molecule has 110 valence electrons. The molecule has 8 heteroatoms. The molecule has 0 aliphatic carbocycles. The summed E-state index contributed by atoms with van der Waals surface area (Å²) in [7, 11) is 0. The van der Waals surface area contributed by atoms with Crippen molar-refractivity contribution in [1.82, 2.24) is 15.1 Å². The van der Waals surface area contributed by atoms with Crippen molar-refractivity contribution in [2.75, 3.05) is 31.6 Å². The Hall–Kier alpha value is -1.54. The van der Waals surface area contributed by atoms with E-state index in [4.69, 9.17) is 4.74 Å². The minimum absolute atomic E-state index is 0.378. The number of anilines is 1. The maximum absolute atomic E-state index is 11.9. The van der Waals surface area contributed by atoms with Crippen LogP contribution in [0.15, 0.2) is 0 Å². The molecule has 0 unspecified atom stereocenters. The SMILES string of the molecule is CCCCc1nnc(NC(=O)C(=O)N2CCOCC2)s1. The van der Waals surface area contributed by atoms with Gasteiger partial charge in [-0.15, -0.1) is 10.2 Å². The molecule has 7 nitrogen and oxygen atoms in total. The van der Waals surface area contributed by atoms with Crippen molar-refractivity contribution in [3.8, 4) is 0 Å². The monoisotopic (exact) mass is 298 g/mol. The fraction of sp³-hybridized carbons (Fsp3) is 0.667. The third kappa shape index (κ3) is 3.97. The molecule has 0 atom stereocenters. The first-order valence-electron chi connectivity index (χ1n) is 6.71. The zero-order chi connectivity index (χ0) is 14.4. The summed E-state index contributed by atoms with van der Waals surface area (Å²) >= 11 is 1.32. The van der Waals surface area contributed by atoms with Gasteiger partial charge in [0.05, 0.1) is 13.2 Å². The number of aromatic nitrogens is 2. The third-order valence-corrected chi connectivity index (χ3v) is 3.82. The average Bonchev–Trinajstić information content (AvgIpc) is 2.92. The summed E-state index contributed by atoms with van der Waals surface area (Å²) in [5.41, 5.74) is 0. The van der Waals surface area contributed by atoms with Crippen LogP contribution in [0.25, 0.3) is 0 Å². The number of nitrogens with zero attached hydrogens (tertiary/aromatic N) is 3. The van der Waals surface area contributed by atoms with Crippen LogP contribution in [0.5, 0.6) is 0 Å². The Morgan fingerprint density at radius 3 is 2.80 bits per heavy atom. The van der Waals surface area contributed by atoms with Gasteiger partial charge in [0.25, 0.3) is 0 Å². The van der Waals surface area contributed by atoms with Gasteiger partial charge >= 0.3 is 11.8 Å². The quantitative estimate of drug-likeness (QED) is 0.826. The normalized spacial score (nSPS) is 15.2.